The molecule has 0 saturated carbocycles. The van der Waals surface area contributed by atoms with Gasteiger partial charge in [0.25, 0.3) is 0 Å². The highest BCUT2D eigenvalue weighted by molar-refractivity contribution is 6.05. The van der Waals surface area contributed by atoms with Crippen molar-refractivity contribution in [2.75, 3.05) is 0 Å². The molecule has 4 rings (SSSR count). The van der Waals surface area contributed by atoms with E-state index in [1.165, 1.54) is 0 Å². The van der Waals surface area contributed by atoms with Crippen LogP contribution in [0.2, 0.25) is 0 Å². The summed E-state index contributed by atoms with van der Waals surface area (Å²) in [6.07, 6.45) is -1.14. The van der Waals surface area contributed by atoms with Gasteiger partial charge in [-0.1, -0.05) is 48.5 Å². The van der Waals surface area contributed by atoms with E-state index in [1.54, 1.807) is 48.5 Å². The fraction of sp³-hybridized carbons (Fsp3) is 0.111. The van der Waals surface area contributed by atoms with Gasteiger partial charge in [-0.3, -0.25) is 19.4 Å². The second-order valence-corrected chi connectivity index (χ2v) is 5.52. The van der Waals surface area contributed by atoms with Gasteiger partial charge in [-0.2, -0.15) is 0 Å². The molecule has 0 bridgehead atoms. The first kappa shape index (κ1) is 13.7. The summed E-state index contributed by atoms with van der Waals surface area (Å²) in [6.45, 7) is 0. The van der Waals surface area contributed by atoms with Crippen molar-refractivity contribution in [3.8, 4) is 0 Å². The average molecular weight is 305 g/mol. The van der Waals surface area contributed by atoms with Crippen molar-refractivity contribution >= 4 is 16.6 Å². The predicted octanol–water partition coefficient (Wildman–Crippen LogP) is 0.635. The van der Waals surface area contributed by atoms with Gasteiger partial charge in [0.15, 0.2) is 11.1 Å². The number of aliphatic hydroxyl groups excluding tert-OH is 1. The monoisotopic (exact) mass is 305 g/mol. The van der Waals surface area contributed by atoms with Crippen LogP contribution in [0.3, 0.4) is 0 Å². The number of rotatable bonds is 1. The van der Waals surface area contributed by atoms with Gasteiger partial charge in [0, 0.05) is 16.3 Å². The largest absolute Gasteiger partial charge is 0.386 e. The van der Waals surface area contributed by atoms with Crippen LogP contribution in [0.25, 0.3) is 10.8 Å². The first-order valence-corrected chi connectivity index (χ1v) is 7.17. The van der Waals surface area contributed by atoms with Crippen molar-refractivity contribution in [1.82, 2.24) is 0 Å². The molecule has 1 aliphatic rings. The number of ketones is 1. The lowest BCUT2D eigenvalue weighted by Crippen LogP contribution is -2.35. The van der Waals surface area contributed by atoms with E-state index in [-0.39, 0.29) is 21.9 Å². The molecular formula is C18H11NO4. The molecule has 0 heterocycles. The molecule has 0 amide bonds. The number of carbonyl (C=O) groups is 1. The number of benzene rings is 2. The Bertz CT molecular complexity index is 1060. The van der Waals surface area contributed by atoms with Crippen LogP contribution in [-0.2, 0) is 0 Å². The zero-order chi connectivity index (χ0) is 16.1. The molecule has 23 heavy (non-hydrogen) atoms. The Morgan fingerprint density at radius 1 is 0.826 bits per heavy atom. The van der Waals surface area contributed by atoms with Crippen LogP contribution >= 0.6 is 0 Å². The van der Waals surface area contributed by atoms with Crippen molar-refractivity contribution < 1.29 is 9.90 Å². The predicted molar refractivity (Wildman–Crippen MR) is 83.9 cm³/mol. The Labute approximate surface area is 129 Å². The molecule has 1 aliphatic carbocycles. The van der Waals surface area contributed by atoms with Crippen LogP contribution in [0.5, 0.6) is 0 Å². The highest BCUT2D eigenvalue weighted by atomic mass is 16.3. The Morgan fingerprint density at radius 2 is 1.39 bits per heavy atom. The second kappa shape index (κ2) is 4.79. The smallest absolute Gasteiger partial charge is 0.215 e. The van der Waals surface area contributed by atoms with Crippen LogP contribution in [0.1, 0.15) is 22.0 Å². The number of fused-ring (bicyclic) bond motifs is 2. The van der Waals surface area contributed by atoms with E-state index in [4.69, 9.17) is 0 Å². The number of hydrogen-bond acceptors (Lipinski definition) is 5. The van der Waals surface area contributed by atoms with E-state index in [0.29, 0.717) is 11.1 Å². The van der Waals surface area contributed by atoms with Crippen LogP contribution in [0, 0.1) is 0 Å². The molecule has 1 N–H and O–H groups in total. The first-order valence-electron chi connectivity index (χ1n) is 7.17. The zero-order valence-corrected chi connectivity index (χ0v) is 11.9. The molecule has 0 saturated heterocycles. The van der Waals surface area contributed by atoms with Crippen molar-refractivity contribution in [1.29, 1.82) is 0 Å². The van der Waals surface area contributed by atoms with Crippen molar-refractivity contribution in [2.45, 2.75) is 12.1 Å². The van der Waals surface area contributed by atoms with Gasteiger partial charge in [0.1, 0.15) is 12.1 Å². The third-order valence-electron chi connectivity index (χ3n) is 4.23. The Hall–Kier alpha value is -2.92. The SMILES string of the molecule is O=C1c2ccccc2C(O)C1N=c1c(=O)c2ccccc2c1=O. The molecule has 0 fully saturated rings. The maximum Gasteiger partial charge on any atom is 0.215 e. The Morgan fingerprint density at radius 3 is 2.00 bits per heavy atom. The summed E-state index contributed by atoms with van der Waals surface area (Å²) in [5.74, 6) is -0.378. The molecular weight excluding hydrogens is 294 g/mol. The van der Waals surface area contributed by atoms with Crippen molar-refractivity contribution in [2.24, 2.45) is 4.99 Å². The maximum atomic E-state index is 12.4. The minimum Gasteiger partial charge on any atom is -0.386 e. The maximum absolute atomic E-state index is 12.4. The molecule has 3 aromatic carbocycles. The van der Waals surface area contributed by atoms with Crippen LogP contribution < -0.4 is 16.2 Å². The van der Waals surface area contributed by atoms with Gasteiger partial charge in [0.05, 0.1) is 0 Å². The number of nitrogens with zero attached hydrogens (tertiary/aromatic N) is 1. The summed E-state index contributed by atoms with van der Waals surface area (Å²) < 4.78 is 0. The van der Waals surface area contributed by atoms with Crippen LogP contribution in [0.15, 0.2) is 63.1 Å². The number of carbonyl (C=O) groups excluding carboxylic acids is 1. The van der Waals surface area contributed by atoms with Gasteiger partial charge in [-0.25, -0.2) is 0 Å². The zero-order valence-electron chi connectivity index (χ0n) is 11.9. The van der Waals surface area contributed by atoms with E-state index in [1.807, 2.05) is 0 Å². The third kappa shape index (κ3) is 1.83. The molecule has 0 spiro atoms. The topological polar surface area (TPSA) is 83.8 Å². The number of aliphatic hydroxyl groups is 1. The summed E-state index contributed by atoms with van der Waals surface area (Å²) in [6, 6.07) is 12.0. The van der Waals surface area contributed by atoms with Gasteiger partial charge in [-0.05, 0) is 5.56 Å². The standard InChI is InChI=1S/C18H11NO4/c20-15-9-5-1-2-6-10(9)16(21)13(15)19-14-17(22)11-7-3-4-8-12(11)18(14)23/h1-8,13,15,20H. The Kier molecular flexibility index (Phi) is 2.86. The molecule has 2 atom stereocenters. The quantitative estimate of drug-likeness (QED) is 0.715. The number of hydrogen-bond donors (Lipinski definition) is 1. The molecule has 5 nitrogen and oxygen atoms in total. The fourth-order valence-electron chi connectivity index (χ4n) is 3.08. The van der Waals surface area contributed by atoms with E-state index < -0.39 is 23.0 Å². The van der Waals surface area contributed by atoms with Crippen LogP contribution in [0.4, 0.5) is 0 Å². The van der Waals surface area contributed by atoms with Crippen molar-refractivity contribution in [3.63, 3.8) is 0 Å². The first-order chi connectivity index (χ1) is 11.1. The number of Topliss-reactive ketones (excluding diaryl/α,β-unsaturated/α-hetero) is 1. The van der Waals surface area contributed by atoms with Crippen molar-refractivity contribution in [3.05, 3.63) is 85.5 Å². The molecule has 0 aromatic heterocycles. The summed E-state index contributed by atoms with van der Waals surface area (Å²) in [7, 11) is 0. The highest BCUT2D eigenvalue weighted by Gasteiger charge is 2.38. The third-order valence-corrected chi connectivity index (χ3v) is 4.23. The minimum absolute atomic E-state index is 0.281. The Balaban J connectivity index is 1.95. The fourth-order valence-corrected chi connectivity index (χ4v) is 3.08. The second-order valence-electron chi connectivity index (χ2n) is 5.52. The normalized spacial score (nSPS) is 20.0. The van der Waals surface area contributed by atoms with E-state index >= 15 is 0 Å². The van der Waals surface area contributed by atoms with E-state index in [2.05, 4.69) is 4.99 Å². The molecule has 112 valence electrons. The molecule has 0 radical (unpaired) electrons. The van der Waals surface area contributed by atoms with Gasteiger partial charge < -0.3 is 5.11 Å². The summed E-state index contributed by atoms with van der Waals surface area (Å²) in [4.78, 5) is 41.1. The lowest BCUT2D eigenvalue weighted by Gasteiger charge is -2.07. The highest BCUT2D eigenvalue weighted by Crippen LogP contribution is 2.32. The summed E-state index contributed by atoms with van der Waals surface area (Å²) in [5, 5.41) is 10.6. The lowest BCUT2D eigenvalue weighted by molar-refractivity contribution is 0.0877. The summed E-state index contributed by atoms with van der Waals surface area (Å²) >= 11 is 0. The van der Waals surface area contributed by atoms with E-state index in [9.17, 15) is 19.5 Å². The van der Waals surface area contributed by atoms with Gasteiger partial charge in [-0.15, -0.1) is 0 Å². The van der Waals surface area contributed by atoms with Gasteiger partial charge >= 0.3 is 0 Å². The molecule has 5 heteroatoms. The lowest BCUT2D eigenvalue weighted by atomic mass is 10.1. The van der Waals surface area contributed by atoms with E-state index in [0.717, 1.165) is 0 Å². The molecule has 2 unspecified atom stereocenters. The van der Waals surface area contributed by atoms with Crippen LogP contribution in [-0.4, -0.2) is 16.9 Å². The average Bonchev–Trinajstić information content (AvgIpc) is 2.97. The van der Waals surface area contributed by atoms with Gasteiger partial charge in [0.2, 0.25) is 10.9 Å². The minimum atomic E-state index is -1.15. The molecule has 3 aromatic rings. The molecule has 0 aliphatic heterocycles. The summed E-state index contributed by atoms with van der Waals surface area (Å²) in [5.41, 5.74) is -0.143.